The minimum absolute atomic E-state index is 0.0675. The largest absolute Gasteiger partial charge is 0.497 e. The molecular weight excluding hydrogens is 508 g/mol. The smallest absolute Gasteiger partial charge is 0.354 e. The van der Waals surface area contributed by atoms with Crippen LogP contribution < -0.4 is 25.4 Å². The van der Waals surface area contributed by atoms with Crippen molar-refractivity contribution in [2.24, 2.45) is 10.7 Å². The minimum Gasteiger partial charge on any atom is -0.497 e. The zero-order valence-corrected chi connectivity index (χ0v) is 23.1. The molecule has 0 aliphatic rings. The van der Waals surface area contributed by atoms with Gasteiger partial charge in [0, 0.05) is 37.1 Å². The number of ether oxygens (including phenoxy) is 3. The number of aliphatic imine (C=N–C) groups is 1. The number of aldehydes is 1. The molecule has 0 bridgehead atoms. The minimum atomic E-state index is -0.687. The molecule has 3 aromatic carbocycles. The lowest BCUT2D eigenvalue weighted by molar-refractivity contribution is -0.138. The zero-order chi connectivity index (χ0) is 28.7. The molecule has 0 saturated heterocycles. The fraction of sp³-hybridized carbons (Fsp3) is 0.258. The SMILES string of the molecule is CCOC(=O)C(N)=C(CCN(C)c1cccc(NCCOc2ccccc2)c1)C(C=O)=Nc1ccc(OC)cc1. The summed E-state index contributed by atoms with van der Waals surface area (Å²) in [7, 11) is 3.50. The van der Waals surface area contributed by atoms with Gasteiger partial charge in [-0.15, -0.1) is 0 Å². The predicted molar refractivity (Wildman–Crippen MR) is 159 cm³/mol. The van der Waals surface area contributed by atoms with E-state index in [4.69, 9.17) is 19.9 Å². The summed E-state index contributed by atoms with van der Waals surface area (Å²) < 4.78 is 16.0. The molecule has 0 heterocycles. The first-order chi connectivity index (χ1) is 19.4. The van der Waals surface area contributed by atoms with E-state index in [1.54, 1.807) is 38.3 Å². The molecule has 0 aromatic heterocycles. The number of carbonyl (C=O) groups is 2. The molecule has 0 aliphatic carbocycles. The monoisotopic (exact) mass is 544 g/mol. The summed E-state index contributed by atoms with van der Waals surface area (Å²) in [5.74, 6) is 0.804. The van der Waals surface area contributed by atoms with E-state index in [0.29, 0.717) is 43.0 Å². The molecule has 210 valence electrons. The van der Waals surface area contributed by atoms with E-state index in [9.17, 15) is 9.59 Å². The normalized spacial score (nSPS) is 11.7. The average molecular weight is 545 g/mol. The van der Waals surface area contributed by atoms with Crippen LogP contribution in [0, 0.1) is 0 Å². The lowest BCUT2D eigenvalue weighted by Gasteiger charge is -2.21. The summed E-state index contributed by atoms with van der Waals surface area (Å²) in [6, 6.07) is 24.5. The number of esters is 1. The summed E-state index contributed by atoms with van der Waals surface area (Å²) in [6.07, 6.45) is 0.894. The lowest BCUT2D eigenvalue weighted by atomic mass is 10.0. The number of carbonyl (C=O) groups excluding carboxylic acids is 2. The van der Waals surface area contributed by atoms with Gasteiger partial charge in [-0.1, -0.05) is 24.3 Å². The van der Waals surface area contributed by atoms with Gasteiger partial charge in [0.2, 0.25) is 0 Å². The van der Waals surface area contributed by atoms with Crippen LogP contribution in [0.25, 0.3) is 0 Å². The maximum atomic E-state index is 12.5. The van der Waals surface area contributed by atoms with Gasteiger partial charge in [0.25, 0.3) is 0 Å². The zero-order valence-electron chi connectivity index (χ0n) is 23.1. The number of benzene rings is 3. The van der Waals surface area contributed by atoms with Crippen molar-refractivity contribution >= 4 is 35.0 Å². The van der Waals surface area contributed by atoms with Gasteiger partial charge in [-0.05, 0) is 67.9 Å². The van der Waals surface area contributed by atoms with Crippen LogP contribution in [0.15, 0.2) is 95.1 Å². The van der Waals surface area contributed by atoms with E-state index >= 15 is 0 Å². The Morgan fingerprint density at radius 3 is 2.45 bits per heavy atom. The van der Waals surface area contributed by atoms with Crippen molar-refractivity contribution in [3.05, 3.63) is 90.1 Å². The van der Waals surface area contributed by atoms with Crippen molar-refractivity contribution in [2.45, 2.75) is 13.3 Å². The summed E-state index contributed by atoms with van der Waals surface area (Å²) >= 11 is 0. The van der Waals surface area contributed by atoms with Crippen LogP contribution >= 0.6 is 0 Å². The molecule has 3 rings (SSSR count). The van der Waals surface area contributed by atoms with E-state index in [0.717, 1.165) is 17.1 Å². The highest BCUT2D eigenvalue weighted by molar-refractivity contribution is 6.37. The van der Waals surface area contributed by atoms with Gasteiger partial charge >= 0.3 is 5.97 Å². The highest BCUT2D eigenvalue weighted by atomic mass is 16.5. The number of nitrogens with two attached hydrogens (primary N) is 1. The third-order valence-electron chi connectivity index (χ3n) is 5.99. The Labute approximate surface area is 235 Å². The predicted octanol–water partition coefficient (Wildman–Crippen LogP) is 4.76. The molecule has 0 atom stereocenters. The molecule has 40 heavy (non-hydrogen) atoms. The Hall–Kier alpha value is -4.79. The summed E-state index contributed by atoms with van der Waals surface area (Å²) in [5, 5.41) is 3.37. The van der Waals surface area contributed by atoms with Gasteiger partial charge in [-0.2, -0.15) is 0 Å². The first-order valence-electron chi connectivity index (χ1n) is 13.0. The standard InChI is InChI=1S/C31H36N4O5/c1-4-39-31(37)30(32)28(29(22-36)34-23-13-15-26(38-3)16-14-23)17-19-35(2)25-10-8-9-24(21-25)33-18-20-40-27-11-6-5-7-12-27/h5-16,21-22,33H,4,17-20,32H2,1-3H3. The van der Waals surface area contributed by atoms with Gasteiger partial charge in [0.1, 0.15) is 29.5 Å². The first-order valence-corrected chi connectivity index (χ1v) is 13.0. The number of hydrogen-bond acceptors (Lipinski definition) is 9. The van der Waals surface area contributed by atoms with Crippen molar-refractivity contribution in [1.82, 2.24) is 0 Å². The number of anilines is 2. The van der Waals surface area contributed by atoms with E-state index in [1.807, 2.05) is 66.5 Å². The number of para-hydroxylation sites is 1. The number of methoxy groups -OCH3 is 1. The summed E-state index contributed by atoms with van der Waals surface area (Å²) in [5.41, 5.74) is 8.86. The number of rotatable bonds is 15. The number of nitrogens with one attached hydrogen (secondary N) is 1. The quantitative estimate of drug-likeness (QED) is 0.0925. The maximum Gasteiger partial charge on any atom is 0.354 e. The van der Waals surface area contributed by atoms with Crippen LogP contribution in [0.3, 0.4) is 0 Å². The molecule has 9 nitrogen and oxygen atoms in total. The van der Waals surface area contributed by atoms with Crippen LogP contribution in [-0.4, -0.2) is 58.4 Å². The van der Waals surface area contributed by atoms with E-state index in [1.165, 1.54) is 0 Å². The highest BCUT2D eigenvalue weighted by Crippen LogP contribution is 2.22. The van der Waals surface area contributed by atoms with Gasteiger partial charge in [0.05, 0.1) is 19.4 Å². The fourth-order valence-corrected chi connectivity index (χ4v) is 3.84. The fourth-order valence-electron chi connectivity index (χ4n) is 3.84. The van der Waals surface area contributed by atoms with Crippen molar-refractivity contribution in [3.8, 4) is 11.5 Å². The van der Waals surface area contributed by atoms with E-state index in [2.05, 4.69) is 10.3 Å². The number of nitrogens with zero attached hydrogens (tertiary/aromatic N) is 2. The Balaban J connectivity index is 1.71. The van der Waals surface area contributed by atoms with Crippen molar-refractivity contribution in [1.29, 1.82) is 0 Å². The third kappa shape index (κ3) is 8.90. The van der Waals surface area contributed by atoms with Gasteiger partial charge in [0.15, 0.2) is 6.29 Å². The number of hydrogen-bond donors (Lipinski definition) is 2. The second-order valence-corrected chi connectivity index (χ2v) is 8.74. The van der Waals surface area contributed by atoms with Crippen molar-refractivity contribution < 1.29 is 23.8 Å². The molecule has 0 radical (unpaired) electrons. The van der Waals surface area contributed by atoms with Crippen LogP contribution in [-0.2, 0) is 14.3 Å². The van der Waals surface area contributed by atoms with E-state index < -0.39 is 5.97 Å². The molecule has 0 fully saturated rings. The molecule has 9 heteroatoms. The Morgan fingerprint density at radius 2 is 1.77 bits per heavy atom. The lowest BCUT2D eigenvalue weighted by Crippen LogP contribution is -2.25. The third-order valence-corrected chi connectivity index (χ3v) is 5.99. The molecule has 3 aromatic rings. The topological polar surface area (TPSA) is 115 Å². The van der Waals surface area contributed by atoms with Crippen LogP contribution in [0.1, 0.15) is 13.3 Å². The summed E-state index contributed by atoms with van der Waals surface area (Å²) in [4.78, 5) is 31.1. The van der Waals surface area contributed by atoms with Crippen LogP contribution in [0.4, 0.5) is 17.1 Å². The molecular formula is C31H36N4O5. The second-order valence-electron chi connectivity index (χ2n) is 8.74. The second kappa shape index (κ2) is 15.6. The molecule has 0 unspecified atom stereocenters. The molecule has 0 amide bonds. The molecule has 0 saturated carbocycles. The first kappa shape index (κ1) is 29.8. The van der Waals surface area contributed by atoms with Gasteiger partial charge < -0.3 is 30.2 Å². The van der Waals surface area contributed by atoms with Crippen LogP contribution in [0.2, 0.25) is 0 Å². The molecule has 0 aliphatic heterocycles. The van der Waals surface area contributed by atoms with Crippen molar-refractivity contribution in [2.75, 3.05) is 50.7 Å². The highest BCUT2D eigenvalue weighted by Gasteiger charge is 2.19. The average Bonchev–Trinajstić information content (AvgIpc) is 2.99. The Morgan fingerprint density at radius 1 is 1.02 bits per heavy atom. The Kier molecular flexibility index (Phi) is 11.6. The van der Waals surface area contributed by atoms with Crippen LogP contribution in [0.5, 0.6) is 11.5 Å². The summed E-state index contributed by atoms with van der Waals surface area (Å²) in [6.45, 7) is 3.48. The maximum absolute atomic E-state index is 12.5. The van der Waals surface area contributed by atoms with Crippen molar-refractivity contribution in [3.63, 3.8) is 0 Å². The molecule has 3 N–H and O–H groups in total. The van der Waals surface area contributed by atoms with Gasteiger partial charge in [-0.25, -0.2) is 9.79 Å². The molecule has 0 spiro atoms. The Bertz CT molecular complexity index is 1310. The van der Waals surface area contributed by atoms with E-state index in [-0.39, 0.29) is 24.4 Å². The van der Waals surface area contributed by atoms with Gasteiger partial charge in [-0.3, -0.25) is 4.79 Å².